The maximum Gasteiger partial charge on any atom is 0.253 e. The molecule has 1 amide bonds. The van der Waals surface area contributed by atoms with E-state index in [1.807, 2.05) is 6.92 Å². The number of nitrogens with zero attached hydrogens (tertiary/aromatic N) is 1. The smallest absolute Gasteiger partial charge is 0.253 e. The summed E-state index contributed by atoms with van der Waals surface area (Å²) < 4.78 is 0. The lowest BCUT2D eigenvalue weighted by molar-refractivity contribution is 0.0827. The van der Waals surface area contributed by atoms with Crippen LogP contribution >= 0.6 is 0 Å². The van der Waals surface area contributed by atoms with Gasteiger partial charge in [0.05, 0.1) is 11.4 Å². The number of carbonyl (C=O) groups excluding carboxylic acids is 1. The van der Waals surface area contributed by atoms with Gasteiger partial charge in [-0.3, -0.25) is 4.79 Å². The van der Waals surface area contributed by atoms with Gasteiger partial charge in [0.15, 0.2) is 0 Å². The van der Waals surface area contributed by atoms with E-state index in [0.29, 0.717) is 17.2 Å². The number of anilines is 2. The number of nitrogen functional groups attached to an aromatic ring is 1. The number of amides is 1. The fourth-order valence-electron chi connectivity index (χ4n) is 1.87. The first kappa shape index (κ1) is 16.3. The van der Waals surface area contributed by atoms with E-state index >= 15 is 0 Å². The van der Waals surface area contributed by atoms with Crippen molar-refractivity contribution >= 4 is 17.3 Å². The minimum absolute atomic E-state index is 0.0399. The molecule has 0 aliphatic rings. The highest BCUT2D eigenvalue weighted by Crippen LogP contribution is 2.21. The van der Waals surface area contributed by atoms with Gasteiger partial charge in [0, 0.05) is 32.8 Å². The maximum atomic E-state index is 11.9. The maximum absolute atomic E-state index is 11.9. The highest BCUT2D eigenvalue weighted by atomic mass is 16.3. The molecule has 0 radical (unpaired) electrons. The highest BCUT2D eigenvalue weighted by molar-refractivity contribution is 5.95. The van der Waals surface area contributed by atoms with Crippen molar-refractivity contribution in [3.63, 3.8) is 0 Å². The zero-order valence-corrected chi connectivity index (χ0v) is 12.5. The minimum Gasteiger partial charge on any atom is -0.397 e. The molecule has 112 valence electrons. The largest absolute Gasteiger partial charge is 0.397 e. The van der Waals surface area contributed by atoms with Crippen LogP contribution in [0, 0.1) is 5.92 Å². The summed E-state index contributed by atoms with van der Waals surface area (Å²) >= 11 is 0. The van der Waals surface area contributed by atoms with Crippen molar-refractivity contribution in [1.82, 2.24) is 4.90 Å². The number of aliphatic hydroxyl groups excluding tert-OH is 1. The van der Waals surface area contributed by atoms with E-state index in [1.54, 1.807) is 32.3 Å². The van der Waals surface area contributed by atoms with Gasteiger partial charge in [-0.2, -0.15) is 0 Å². The first-order valence-corrected chi connectivity index (χ1v) is 6.91. The zero-order chi connectivity index (χ0) is 15.1. The first-order valence-electron chi connectivity index (χ1n) is 6.91. The Balaban J connectivity index is 2.61. The number of nitrogens with two attached hydrogens (primary N) is 1. The topological polar surface area (TPSA) is 78.6 Å². The Morgan fingerprint density at radius 3 is 2.75 bits per heavy atom. The van der Waals surface area contributed by atoms with Crippen LogP contribution in [-0.2, 0) is 0 Å². The molecule has 5 nitrogen and oxygen atoms in total. The number of hydrogen-bond acceptors (Lipinski definition) is 4. The predicted molar refractivity (Wildman–Crippen MR) is 82.8 cm³/mol. The van der Waals surface area contributed by atoms with Gasteiger partial charge in [0.25, 0.3) is 5.91 Å². The molecule has 1 aromatic rings. The molecule has 1 unspecified atom stereocenters. The van der Waals surface area contributed by atoms with Crippen LogP contribution in [0.1, 0.15) is 30.1 Å². The summed E-state index contributed by atoms with van der Waals surface area (Å²) in [5.74, 6) is 0.276. The summed E-state index contributed by atoms with van der Waals surface area (Å²) in [4.78, 5) is 13.4. The van der Waals surface area contributed by atoms with Gasteiger partial charge in [-0.1, -0.05) is 6.92 Å². The van der Waals surface area contributed by atoms with E-state index in [9.17, 15) is 4.79 Å². The van der Waals surface area contributed by atoms with Gasteiger partial charge >= 0.3 is 0 Å². The average Bonchev–Trinajstić information content (AvgIpc) is 2.44. The van der Waals surface area contributed by atoms with Crippen molar-refractivity contribution in [2.24, 2.45) is 5.92 Å². The monoisotopic (exact) mass is 279 g/mol. The Bertz CT molecular complexity index is 447. The normalized spacial score (nSPS) is 12.0. The molecule has 0 aliphatic carbocycles. The van der Waals surface area contributed by atoms with E-state index in [1.165, 1.54) is 4.90 Å². The lowest BCUT2D eigenvalue weighted by Gasteiger charge is -2.14. The molecule has 0 saturated carbocycles. The summed E-state index contributed by atoms with van der Waals surface area (Å²) in [6, 6.07) is 5.26. The zero-order valence-electron chi connectivity index (χ0n) is 12.5. The van der Waals surface area contributed by atoms with E-state index in [0.717, 1.165) is 25.1 Å². The molecule has 4 N–H and O–H groups in total. The van der Waals surface area contributed by atoms with Crippen molar-refractivity contribution < 1.29 is 9.90 Å². The third-order valence-electron chi connectivity index (χ3n) is 3.21. The molecular formula is C15H25N3O2. The molecule has 1 rings (SSSR count). The Morgan fingerprint density at radius 1 is 1.45 bits per heavy atom. The fourth-order valence-corrected chi connectivity index (χ4v) is 1.87. The summed E-state index contributed by atoms with van der Waals surface area (Å²) in [6.07, 6.45) is 1.91. The summed E-state index contributed by atoms with van der Waals surface area (Å²) in [7, 11) is 3.45. The number of aliphatic hydroxyl groups is 1. The Kier molecular flexibility index (Phi) is 6.31. The lowest BCUT2D eigenvalue weighted by Crippen LogP contribution is -2.21. The second kappa shape index (κ2) is 7.75. The Morgan fingerprint density at radius 2 is 2.15 bits per heavy atom. The molecule has 1 atom stereocenters. The van der Waals surface area contributed by atoms with Crippen molar-refractivity contribution in [3.8, 4) is 0 Å². The standard InChI is InChI=1S/C15H25N3O2/c1-11(10-19)5-4-8-17-14-9-12(6-7-13(14)16)15(20)18(2)3/h6-7,9,11,17,19H,4-5,8,10,16H2,1-3H3. The Hall–Kier alpha value is -1.75. The molecule has 0 aromatic heterocycles. The summed E-state index contributed by atoms with van der Waals surface area (Å²) in [6.45, 7) is 3.01. The van der Waals surface area contributed by atoms with E-state index in [4.69, 9.17) is 10.8 Å². The molecule has 20 heavy (non-hydrogen) atoms. The van der Waals surface area contributed by atoms with E-state index in [-0.39, 0.29) is 12.5 Å². The van der Waals surface area contributed by atoms with Gasteiger partial charge in [0.2, 0.25) is 0 Å². The van der Waals surface area contributed by atoms with Gasteiger partial charge < -0.3 is 21.1 Å². The predicted octanol–water partition coefficient (Wildman–Crippen LogP) is 1.79. The number of rotatable bonds is 7. The van der Waals surface area contributed by atoms with E-state index in [2.05, 4.69) is 5.32 Å². The van der Waals surface area contributed by atoms with Crippen molar-refractivity contribution in [3.05, 3.63) is 23.8 Å². The molecular weight excluding hydrogens is 254 g/mol. The second-order valence-corrected chi connectivity index (χ2v) is 5.36. The van der Waals surface area contributed by atoms with Crippen LogP contribution in [0.15, 0.2) is 18.2 Å². The lowest BCUT2D eigenvalue weighted by atomic mass is 10.1. The summed E-state index contributed by atoms with van der Waals surface area (Å²) in [5, 5.41) is 12.2. The molecule has 0 saturated heterocycles. The number of hydrogen-bond donors (Lipinski definition) is 3. The van der Waals surface area contributed by atoms with Crippen molar-refractivity contribution in [1.29, 1.82) is 0 Å². The highest BCUT2D eigenvalue weighted by Gasteiger charge is 2.10. The molecule has 0 aliphatic heterocycles. The van der Waals surface area contributed by atoms with Crippen LogP contribution in [0.2, 0.25) is 0 Å². The molecule has 1 aromatic carbocycles. The third kappa shape index (κ3) is 4.74. The van der Waals surface area contributed by atoms with Gasteiger partial charge in [-0.05, 0) is 37.0 Å². The quantitative estimate of drug-likeness (QED) is 0.525. The molecule has 0 bridgehead atoms. The molecule has 0 heterocycles. The molecule has 5 heteroatoms. The second-order valence-electron chi connectivity index (χ2n) is 5.36. The van der Waals surface area contributed by atoms with Crippen molar-refractivity contribution in [2.45, 2.75) is 19.8 Å². The van der Waals surface area contributed by atoms with Gasteiger partial charge in [-0.25, -0.2) is 0 Å². The number of benzene rings is 1. The molecule has 0 fully saturated rings. The van der Waals surface area contributed by atoms with Crippen LogP contribution in [0.4, 0.5) is 11.4 Å². The van der Waals surface area contributed by atoms with Crippen LogP contribution in [0.25, 0.3) is 0 Å². The minimum atomic E-state index is -0.0399. The average molecular weight is 279 g/mol. The van der Waals surface area contributed by atoms with Gasteiger partial charge in [0.1, 0.15) is 0 Å². The first-order chi connectivity index (χ1) is 9.45. The number of nitrogens with one attached hydrogen (secondary N) is 1. The van der Waals surface area contributed by atoms with Crippen LogP contribution in [-0.4, -0.2) is 43.2 Å². The fraction of sp³-hybridized carbons (Fsp3) is 0.533. The van der Waals surface area contributed by atoms with Crippen LogP contribution < -0.4 is 11.1 Å². The number of carbonyl (C=O) groups is 1. The summed E-state index contributed by atoms with van der Waals surface area (Å²) in [5.41, 5.74) is 7.95. The van der Waals surface area contributed by atoms with Crippen LogP contribution in [0.3, 0.4) is 0 Å². The van der Waals surface area contributed by atoms with Gasteiger partial charge in [-0.15, -0.1) is 0 Å². The SMILES string of the molecule is CC(CO)CCCNc1cc(C(=O)N(C)C)ccc1N. The van der Waals surface area contributed by atoms with Crippen molar-refractivity contribution in [2.75, 3.05) is 38.3 Å². The third-order valence-corrected chi connectivity index (χ3v) is 3.21. The molecule has 0 spiro atoms. The van der Waals surface area contributed by atoms with E-state index < -0.39 is 0 Å². The van der Waals surface area contributed by atoms with Crippen LogP contribution in [0.5, 0.6) is 0 Å². The Labute approximate surface area is 120 Å².